The zero-order valence-corrected chi connectivity index (χ0v) is 15.0. The molecule has 1 unspecified atom stereocenters. The topological polar surface area (TPSA) is 15.3 Å². The first-order chi connectivity index (χ1) is 10.3. The predicted octanol–water partition coefficient (Wildman–Crippen LogP) is 4.75. The Hall–Kier alpha value is -0.380. The van der Waals surface area contributed by atoms with Crippen molar-refractivity contribution in [2.24, 2.45) is 0 Å². The largest absolute Gasteiger partial charge is 0.310 e. The highest BCUT2D eigenvalue weighted by Crippen LogP contribution is 2.30. The van der Waals surface area contributed by atoms with Crippen molar-refractivity contribution in [2.75, 3.05) is 19.6 Å². The van der Waals surface area contributed by atoms with E-state index in [2.05, 4.69) is 64.3 Å². The van der Waals surface area contributed by atoms with E-state index in [9.17, 15) is 0 Å². The van der Waals surface area contributed by atoms with Gasteiger partial charge in [-0.1, -0.05) is 54.4 Å². The van der Waals surface area contributed by atoms with E-state index in [-0.39, 0.29) is 0 Å². The SMILES string of the molecule is CCCCN(CCC(NCC)c1ccccc1Br)C1CC1. The Labute approximate surface area is 138 Å². The van der Waals surface area contributed by atoms with Crippen molar-refractivity contribution in [3.63, 3.8) is 0 Å². The quantitative estimate of drug-likeness (QED) is 0.653. The van der Waals surface area contributed by atoms with Crippen molar-refractivity contribution >= 4 is 15.9 Å². The van der Waals surface area contributed by atoms with Crippen LogP contribution in [0.2, 0.25) is 0 Å². The summed E-state index contributed by atoms with van der Waals surface area (Å²) in [6.45, 7) is 7.98. The molecule has 0 amide bonds. The lowest BCUT2D eigenvalue weighted by Gasteiger charge is -2.26. The summed E-state index contributed by atoms with van der Waals surface area (Å²) in [5.41, 5.74) is 1.39. The Morgan fingerprint density at radius 2 is 2.00 bits per heavy atom. The molecule has 0 aliphatic heterocycles. The van der Waals surface area contributed by atoms with Crippen LogP contribution in [0.15, 0.2) is 28.7 Å². The standard InChI is InChI=1S/C18H29BrN2/c1-3-5-13-21(15-10-11-15)14-12-18(20-4-2)16-8-6-7-9-17(16)19/h6-9,15,18,20H,3-5,10-14H2,1-2H3. The molecule has 1 saturated carbocycles. The highest BCUT2D eigenvalue weighted by atomic mass is 79.9. The van der Waals surface area contributed by atoms with Crippen molar-refractivity contribution in [3.8, 4) is 0 Å². The van der Waals surface area contributed by atoms with E-state index in [0.29, 0.717) is 6.04 Å². The molecule has 0 bridgehead atoms. The Morgan fingerprint density at radius 1 is 1.24 bits per heavy atom. The summed E-state index contributed by atoms with van der Waals surface area (Å²) < 4.78 is 1.22. The van der Waals surface area contributed by atoms with Crippen LogP contribution in [0.1, 0.15) is 57.6 Å². The van der Waals surface area contributed by atoms with E-state index in [1.807, 2.05) is 0 Å². The third-order valence-electron chi connectivity index (χ3n) is 4.30. The van der Waals surface area contributed by atoms with Crippen molar-refractivity contribution < 1.29 is 0 Å². The number of halogens is 1. The third-order valence-corrected chi connectivity index (χ3v) is 5.02. The minimum absolute atomic E-state index is 0.452. The lowest BCUT2D eigenvalue weighted by Crippen LogP contribution is -2.32. The van der Waals surface area contributed by atoms with Crippen molar-refractivity contribution in [1.29, 1.82) is 0 Å². The summed E-state index contributed by atoms with van der Waals surface area (Å²) >= 11 is 3.70. The van der Waals surface area contributed by atoms with Gasteiger partial charge in [-0.05, 0) is 50.4 Å². The lowest BCUT2D eigenvalue weighted by molar-refractivity contribution is 0.243. The van der Waals surface area contributed by atoms with E-state index in [4.69, 9.17) is 0 Å². The molecule has 0 radical (unpaired) electrons. The maximum atomic E-state index is 3.70. The molecule has 1 aromatic carbocycles. The van der Waals surface area contributed by atoms with Gasteiger partial charge in [0.2, 0.25) is 0 Å². The van der Waals surface area contributed by atoms with Crippen molar-refractivity contribution in [3.05, 3.63) is 34.3 Å². The fourth-order valence-electron chi connectivity index (χ4n) is 2.94. The van der Waals surface area contributed by atoms with Crippen LogP contribution in [-0.4, -0.2) is 30.6 Å². The Bertz CT molecular complexity index is 417. The lowest BCUT2D eigenvalue weighted by atomic mass is 10.0. The molecular weight excluding hydrogens is 324 g/mol. The number of hydrogen-bond acceptors (Lipinski definition) is 2. The van der Waals surface area contributed by atoms with Gasteiger partial charge in [-0.2, -0.15) is 0 Å². The Morgan fingerprint density at radius 3 is 2.62 bits per heavy atom. The Balaban J connectivity index is 1.94. The summed E-state index contributed by atoms with van der Waals surface area (Å²) in [6.07, 6.45) is 6.63. The molecule has 2 nitrogen and oxygen atoms in total. The van der Waals surface area contributed by atoms with Crippen molar-refractivity contribution in [1.82, 2.24) is 10.2 Å². The van der Waals surface area contributed by atoms with E-state index < -0.39 is 0 Å². The zero-order valence-electron chi connectivity index (χ0n) is 13.4. The highest BCUT2D eigenvalue weighted by Gasteiger charge is 2.28. The van der Waals surface area contributed by atoms with Gasteiger partial charge in [0.1, 0.15) is 0 Å². The molecule has 1 N–H and O–H groups in total. The molecule has 118 valence electrons. The van der Waals surface area contributed by atoms with Crippen LogP contribution in [0.3, 0.4) is 0 Å². The van der Waals surface area contributed by atoms with Crippen LogP contribution in [0.5, 0.6) is 0 Å². The minimum Gasteiger partial charge on any atom is -0.310 e. The monoisotopic (exact) mass is 352 g/mol. The van der Waals surface area contributed by atoms with Crippen LogP contribution in [-0.2, 0) is 0 Å². The number of nitrogens with zero attached hydrogens (tertiary/aromatic N) is 1. The second-order valence-electron chi connectivity index (χ2n) is 6.04. The first-order valence-corrected chi connectivity index (χ1v) is 9.27. The van der Waals surface area contributed by atoms with E-state index in [0.717, 1.165) is 12.6 Å². The van der Waals surface area contributed by atoms with Gasteiger partial charge in [0.05, 0.1) is 0 Å². The number of nitrogens with one attached hydrogen (secondary N) is 1. The van der Waals surface area contributed by atoms with Gasteiger partial charge in [-0.25, -0.2) is 0 Å². The molecule has 0 heterocycles. The molecule has 0 spiro atoms. The molecule has 1 aromatic rings. The minimum atomic E-state index is 0.452. The van der Waals surface area contributed by atoms with Crippen LogP contribution < -0.4 is 5.32 Å². The van der Waals surface area contributed by atoms with Gasteiger partial charge in [0, 0.05) is 23.1 Å². The fourth-order valence-corrected chi connectivity index (χ4v) is 3.51. The molecule has 1 aliphatic carbocycles. The van der Waals surface area contributed by atoms with E-state index in [1.165, 1.54) is 55.2 Å². The van der Waals surface area contributed by atoms with Crippen molar-refractivity contribution in [2.45, 2.75) is 58.0 Å². The summed E-state index contributed by atoms with van der Waals surface area (Å²) in [5, 5.41) is 3.65. The van der Waals surface area contributed by atoms with Crippen LogP contribution in [0.25, 0.3) is 0 Å². The van der Waals surface area contributed by atoms with Crippen LogP contribution in [0, 0.1) is 0 Å². The zero-order chi connectivity index (χ0) is 15.1. The Kier molecular flexibility index (Phi) is 7.21. The summed E-state index contributed by atoms with van der Waals surface area (Å²) in [5.74, 6) is 0. The molecule has 0 aromatic heterocycles. The number of benzene rings is 1. The molecule has 21 heavy (non-hydrogen) atoms. The molecule has 3 heteroatoms. The molecule has 0 saturated heterocycles. The average molecular weight is 353 g/mol. The molecule has 1 atom stereocenters. The molecule has 1 aliphatic rings. The van der Waals surface area contributed by atoms with Crippen LogP contribution >= 0.6 is 15.9 Å². The van der Waals surface area contributed by atoms with Crippen LogP contribution in [0.4, 0.5) is 0 Å². The van der Waals surface area contributed by atoms with Gasteiger partial charge in [0.15, 0.2) is 0 Å². The summed E-state index contributed by atoms with van der Waals surface area (Å²) in [7, 11) is 0. The first kappa shape index (κ1) is 17.0. The van der Waals surface area contributed by atoms with Gasteiger partial charge >= 0.3 is 0 Å². The maximum absolute atomic E-state index is 3.70. The molecule has 1 fully saturated rings. The summed E-state index contributed by atoms with van der Waals surface area (Å²) in [6, 6.07) is 9.95. The van der Waals surface area contributed by atoms with Gasteiger partial charge in [-0.3, -0.25) is 0 Å². The van der Waals surface area contributed by atoms with Gasteiger partial charge in [-0.15, -0.1) is 0 Å². The second-order valence-corrected chi connectivity index (χ2v) is 6.90. The normalized spacial score (nSPS) is 16.4. The first-order valence-electron chi connectivity index (χ1n) is 8.48. The fraction of sp³-hybridized carbons (Fsp3) is 0.667. The number of unbranched alkanes of at least 4 members (excludes halogenated alkanes) is 1. The smallest absolute Gasteiger partial charge is 0.0343 e. The molecular formula is C18H29BrN2. The van der Waals surface area contributed by atoms with Gasteiger partial charge < -0.3 is 10.2 Å². The van der Waals surface area contributed by atoms with Gasteiger partial charge in [0.25, 0.3) is 0 Å². The number of rotatable bonds is 10. The van der Waals surface area contributed by atoms with E-state index in [1.54, 1.807) is 0 Å². The highest BCUT2D eigenvalue weighted by molar-refractivity contribution is 9.10. The average Bonchev–Trinajstić information content (AvgIpc) is 3.31. The summed E-state index contributed by atoms with van der Waals surface area (Å²) in [4.78, 5) is 2.71. The predicted molar refractivity (Wildman–Crippen MR) is 94.7 cm³/mol. The van der Waals surface area contributed by atoms with E-state index >= 15 is 0 Å². The third kappa shape index (κ3) is 5.39. The second kappa shape index (κ2) is 8.92. The maximum Gasteiger partial charge on any atom is 0.0343 e. The molecule has 2 rings (SSSR count). The number of hydrogen-bond donors (Lipinski definition) is 1.